The zero-order chi connectivity index (χ0) is 14.0. The Morgan fingerprint density at radius 1 is 1.42 bits per heavy atom. The number of nitrogens with zero attached hydrogens (tertiary/aromatic N) is 1. The molecule has 0 fully saturated rings. The van der Waals surface area contributed by atoms with Crippen LogP contribution in [0.1, 0.15) is 11.1 Å². The van der Waals surface area contributed by atoms with E-state index in [4.69, 9.17) is 29.6 Å². The first-order valence-corrected chi connectivity index (χ1v) is 6.25. The molecular formula is C13H11ClFN3S. The van der Waals surface area contributed by atoms with E-state index in [0.717, 1.165) is 5.56 Å². The summed E-state index contributed by atoms with van der Waals surface area (Å²) in [6.07, 6.45) is 1.60. The van der Waals surface area contributed by atoms with E-state index in [-0.39, 0.29) is 15.7 Å². The molecule has 3 N–H and O–H groups in total. The van der Waals surface area contributed by atoms with Gasteiger partial charge < -0.3 is 11.1 Å². The van der Waals surface area contributed by atoms with Crippen molar-refractivity contribution in [3.63, 3.8) is 0 Å². The molecule has 0 aliphatic heterocycles. The van der Waals surface area contributed by atoms with Gasteiger partial charge in [0.25, 0.3) is 0 Å². The second-order valence-corrected chi connectivity index (χ2v) is 4.79. The Morgan fingerprint density at radius 2 is 2.16 bits per heavy atom. The molecule has 1 aromatic heterocycles. The number of halogens is 2. The number of hydrogen-bond donors (Lipinski definition) is 2. The normalized spacial score (nSPS) is 10.3. The smallest absolute Gasteiger partial charge is 0.165 e. The van der Waals surface area contributed by atoms with E-state index in [1.807, 2.05) is 6.92 Å². The molecule has 0 saturated carbocycles. The van der Waals surface area contributed by atoms with Crippen molar-refractivity contribution >= 4 is 40.3 Å². The van der Waals surface area contributed by atoms with Crippen molar-refractivity contribution in [3.05, 3.63) is 52.4 Å². The number of nitrogens with two attached hydrogens (primary N) is 1. The summed E-state index contributed by atoms with van der Waals surface area (Å²) in [6, 6.07) is 6.47. The number of anilines is 2. The molecule has 19 heavy (non-hydrogen) atoms. The fourth-order valence-corrected chi connectivity index (χ4v) is 2.12. The molecule has 0 saturated heterocycles. The van der Waals surface area contributed by atoms with Gasteiger partial charge >= 0.3 is 0 Å². The van der Waals surface area contributed by atoms with E-state index >= 15 is 0 Å². The maximum atomic E-state index is 13.8. The lowest BCUT2D eigenvalue weighted by Crippen LogP contribution is -2.15. The molecule has 0 aliphatic carbocycles. The van der Waals surface area contributed by atoms with Gasteiger partial charge in [-0.05, 0) is 30.7 Å². The highest BCUT2D eigenvalue weighted by atomic mass is 35.5. The topological polar surface area (TPSA) is 50.9 Å². The van der Waals surface area contributed by atoms with Gasteiger partial charge in [-0.1, -0.05) is 29.9 Å². The summed E-state index contributed by atoms with van der Waals surface area (Å²) in [7, 11) is 0. The molecule has 0 aliphatic rings. The molecule has 6 heteroatoms. The van der Waals surface area contributed by atoms with E-state index in [2.05, 4.69) is 10.3 Å². The van der Waals surface area contributed by atoms with Crippen LogP contribution in [0.4, 0.5) is 15.9 Å². The molecule has 0 amide bonds. The molecule has 0 unspecified atom stereocenters. The Bertz CT molecular complexity index is 646. The first kappa shape index (κ1) is 13.7. The van der Waals surface area contributed by atoms with Crippen LogP contribution in [0, 0.1) is 12.7 Å². The average Bonchev–Trinajstić information content (AvgIpc) is 2.34. The first-order valence-electron chi connectivity index (χ1n) is 5.47. The summed E-state index contributed by atoms with van der Waals surface area (Å²) >= 11 is 10.7. The van der Waals surface area contributed by atoms with Crippen LogP contribution in [0.25, 0.3) is 0 Å². The Labute approximate surface area is 120 Å². The van der Waals surface area contributed by atoms with Gasteiger partial charge in [0.15, 0.2) is 5.82 Å². The quantitative estimate of drug-likeness (QED) is 0.850. The summed E-state index contributed by atoms with van der Waals surface area (Å²) in [5, 5.41) is 2.90. The van der Waals surface area contributed by atoms with Crippen LogP contribution in [0.3, 0.4) is 0 Å². The lowest BCUT2D eigenvalue weighted by Gasteiger charge is -2.13. The summed E-state index contributed by atoms with van der Waals surface area (Å²) in [5.74, 6) is -0.130. The van der Waals surface area contributed by atoms with Gasteiger partial charge in [0.2, 0.25) is 0 Å². The van der Waals surface area contributed by atoms with E-state index < -0.39 is 5.82 Å². The monoisotopic (exact) mass is 295 g/mol. The number of hydrogen-bond acceptors (Lipinski definition) is 3. The fourth-order valence-electron chi connectivity index (χ4n) is 1.69. The summed E-state index contributed by atoms with van der Waals surface area (Å²) in [5.41, 5.74) is 7.36. The SMILES string of the molecule is Cc1ccnc(Nc2cccc(Cl)c2F)c1C(N)=S. The predicted molar refractivity (Wildman–Crippen MR) is 79.6 cm³/mol. The standard InChI is InChI=1S/C13H11ClFN3S/c1-7-5-6-17-13(10(7)12(16)19)18-9-4-2-3-8(14)11(9)15/h2-6H,1H3,(H2,16,19)(H,17,18). The lowest BCUT2D eigenvalue weighted by atomic mass is 10.1. The molecule has 1 heterocycles. The second-order valence-electron chi connectivity index (χ2n) is 3.94. The highest BCUT2D eigenvalue weighted by Crippen LogP contribution is 2.26. The molecule has 98 valence electrons. The van der Waals surface area contributed by atoms with Crippen molar-refractivity contribution < 1.29 is 4.39 Å². The van der Waals surface area contributed by atoms with Gasteiger partial charge in [-0.3, -0.25) is 0 Å². The van der Waals surface area contributed by atoms with Crippen molar-refractivity contribution in [1.82, 2.24) is 4.98 Å². The molecule has 2 rings (SSSR count). The van der Waals surface area contributed by atoms with Gasteiger partial charge in [0.05, 0.1) is 16.3 Å². The molecule has 3 nitrogen and oxygen atoms in total. The predicted octanol–water partition coefficient (Wildman–Crippen LogP) is 3.56. The molecule has 0 bridgehead atoms. The Hall–Kier alpha value is -1.72. The molecule has 2 aromatic rings. The fraction of sp³-hybridized carbons (Fsp3) is 0.0769. The van der Waals surface area contributed by atoms with Crippen molar-refractivity contribution in [2.24, 2.45) is 5.73 Å². The van der Waals surface area contributed by atoms with Crippen LogP contribution in [-0.4, -0.2) is 9.97 Å². The summed E-state index contributed by atoms with van der Waals surface area (Å²) in [6.45, 7) is 1.86. The highest BCUT2D eigenvalue weighted by Gasteiger charge is 2.13. The van der Waals surface area contributed by atoms with E-state index in [1.165, 1.54) is 6.07 Å². The van der Waals surface area contributed by atoms with Crippen molar-refractivity contribution in [2.45, 2.75) is 6.92 Å². The molecule has 0 atom stereocenters. The van der Waals surface area contributed by atoms with Gasteiger partial charge in [-0.25, -0.2) is 9.37 Å². The van der Waals surface area contributed by atoms with Crippen LogP contribution < -0.4 is 11.1 Å². The zero-order valence-electron chi connectivity index (χ0n) is 10.1. The third kappa shape index (κ3) is 2.83. The van der Waals surface area contributed by atoms with E-state index in [1.54, 1.807) is 24.4 Å². The third-order valence-corrected chi connectivity index (χ3v) is 3.11. The van der Waals surface area contributed by atoms with Gasteiger partial charge in [-0.2, -0.15) is 0 Å². The molecule has 0 spiro atoms. The van der Waals surface area contributed by atoms with Gasteiger partial charge in [0.1, 0.15) is 10.8 Å². The number of rotatable bonds is 3. The third-order valence-electron chi connectivity index (χ3n) is 2.61. The number of thiocarbonyl (C=S) groups is 1. The minimum atomic E-state index is -0.540. The number of aryl methyl sites for hydroxylation is 1. The van der Waals surface area contributed by atoms with Crippen molar-refractivity contribution in [3.8, 4) is 0 Å². The van der Waals surface area contributed by atoms with Crippen LogP contribution in [0.2, 0.25) is 5.02 Å². The van der Waals surface area contributed by atoms with Crippen LogP contribution >= 0.6 is 23.8 Å². The summed E-state index contributed by atoms with van der Waals surface area (Å²) < 4.78 is 13.8. The van der Waals surface area contributed by atoms with Crippen LogP contribution in [-0.2, 0) is 0 Å². The number of pyridine rings is 1. The molecular weight excluding hydrogens is 285 g/mol. The zero-order valence-corrected chi connectivity index (χ0v) is 11.6. The van der Waals surface area contributed by atoms with Gasteiger partial charge in [-0.15, -0.1) is 0 Å². The summed E-state index contributed by atoms with van der Waals surface area (Å²) in [4.78, 5) is 4.34. The van der Waals surface area contributed by atoms with Crippen LogP contribution in [0.15, 0.2) is 30.5 Å². The minimum absolute atomic E-state index is 0.0366. The van der Waals surface area contributed by atoms with Crippen molar-refractivity contribution in [1.29, 1.82) is 0 Å². The average molecular weight is 296 g/mol. The lowest BCUT2D eigenvalue weighted by molar-refractivity contribution is 0.632. The largest absolute Gasteiger partial charge is 0.389 e. The van der Waals surface area contributed by atoms with E-state index in [9.17, 15) is 4.39 Å². The number of nitrogens with one attached hydrogen (secondary N) is 1. The van der Waals surface area contributed by atoms with Crippen LogP contribution in [0.5, 0.6) is 0 Å². The maximum Gasteiger partial charge on any atom is 0.165 e. The Kier molecular flexibility index (Phi) is 3.97. The molecule has 0 radical (unpaired) electrons. The Balaban J connectivity index is 2.47. The highest BCUT2D eigenvalue weighted by molar-refractivity contribution is 7.80. The number of benzene rings is 1. The second kappa shape index (κ2) is 5.50. The van der Waals surface area contributed by atoms with Gasteiger partial charge in [0, 0.05) is 6.20 Å². The Morgan fingerprint density at radius 3 is 2.84 bits per heavy atom. The molecule has 1 aromatic carbocycles. The number of aromatic nitrogens is 1. The van der Waals surface area contributed by atoms with E-state index in [0.29, 0.717) is 11.4 Å². The van der Waals surface area contributed by atoms with Crippen molar-refractivity contribution in [2.75, 3.05) is 5.32 Å². The minimum Gasteiger partial charge on any atom is -0.389 e. The first-order chi connectivity index (χ1) is 9.00. The maximum absolute atomic E-state index is 13.8.